The molecule has 0 saturated carbocycles. The molecule has 0 aromatic rings. The fourth-order valence-corrected chi connectivity index (χ4v) is 2.86. The van der Waals surface area contributed by atoms with Crippen LogP contribution in [0.4, 0.5) is 0 Å². The van der Waals surface area contributed by atoms with Crippen LogP contribution in [0.15, 0.2) is 4.99 Å². The Balaban J connectivity index is 1.79. The Morgan fingerprint density at radius 3 is 2.50 bits per heavy atom. The standard InChI is InChI=1S/C11H20N4O2S/c12-11(15-3-7-18-8-4-15)13-9-10(16)14-1-5-17-6-2-14/h1-9H2,(H2,12,13). The van der Waals surface area contributed by atoms with Crippen molar-refractivity contribution < 1.29 is 9.53 Å². The van der Waals surface area contributed by atoms with Crippen molar-refractivity contribution in [3.05, 3.63) is 0 Å². The lowest BCUT2D eigenvalue weighted by molar-refractivity contribution is -0.133. The lowest BCUT2D eigenvalue weighted by Crippen LogP contribution is -2.44. The van der Waals surface area contributed by atoms with Crippen LogP contribution in [-0.2, 0) is 9.53 Å². The second kappa shape index (κ2) is 6.84. The fourth-order valence-electron chi connectivity index (χ4n) is 1.95. The third-order valence-electron chi connectivity index (χ3n) is 3.08. The Morgan fingerprint density at radius 1 is 1.17 bits per heavy atom. The molecule has 0 radical (unpaired) electrons. The van der Waals surface area contributed by atoms with Gasteiger partial charge in [-0.15, -0.1) is 0 Å². The van der Waals surface area contributed by atoms with Gasteiger partial charge in [-0.1, -0.05) is 0 Å². The molecule has 2 fully saturated rings. The van der Waals surface area contributed by atoms with E-state index >= 15 is 0 Å². The van der Waals surface area contributed by atoms with Crippen molar-refractivity contribution in [2.24, 2.45) is 10.7 Å². The van der Waals surface area contributed by atoms with Crippen LogP contribution in [0.5, 0.6) is 0 Å². The summed E-state index contributed by atoms with van der Waals surface area (Å²) in [4.78, 5) is 19.9. The van der Waals surface area contributed by atoms with Crippen molar-refractivity contribution in [2.75, 3.05) is 57.4 Å². The second-order valence-corrected chi connectivity index (χ2v) is 5.49. The Morgan fingerprint density at radius 2 is 1.83 bits per heavy atom. The predicted molar refractivity (Wildman–Crippen MR) is 72.8 cm³/mol. The zero-order valence-electron chi connectivity index (χ0n) is 10.5. The summed E-state index contributed by atoms with van der Waals surface area (Å²) in [5.74, 6) is 2.69. The van der Waals surface area contributed by atoms with E-state index in [9.17, 15) is 4.79 Å². The molecule has 0 unspecified atom stereocenters. The topological polar surface area (TPSA) is 71.2 Å². The summed E-state index contributed by atoms with van der Waals surface area (Å²) >= 11 is 1.92. The van der Waals surface area contributed by atoms with Crippen LogP contribution in [0.2, 0.25) is 0 Å². The van der Waals surface area contributed by atoms with Gasteiger partial charge >= 0.3 is 0 Å². The van der Waals surface area contributed by atoms with Crippen molar-refractivity contribution in [1.82, 2.24) is 9.80 Å². The van der Waals surface area contributed by atoms with E-state index in [1.807, 2.05) is 16.7 Å². The van der Waals surface area contributed by atoms with E-state index in [1.165, 1.54) is 0 Å². The molecule has 0 aromatic carbocycles. The summed E-state index contributed by atoms with van der Waals surface area (Å²) in [7, 11) is 0. The second-order valence-electron chi connectivity index (χ2n) is 4.27. The minimum Gasteiger partial charge on any atom is -0.378 e. The molecule has 102 valence electrons. The SMILES string of the molecule is NC(=NCC(=O)N1CCOCC1)N1CCSCC1. The number of aliphatic imine (C=N–C) groups is 1. The Labute approximate surface area is 112 Å². The van der Waals surface area contributed by atoms with Gasteiger partial charge in [0.2, 0.25) is 5.91 Å². The average Bonchev–Trinajstić information content (AvgIpc) is 2.46. The van der Waals surface area contributed by atoms with Gasteiger partial charge in [0.1, 0.15) is 6.54 Å². The molecule has 0 aliphatic carbocycles. The van der Waals surface area contributed by atoms with Gasteiger partial charge in [-0.3, -0.25) is 4.79 Å². The maximum absolute atomic E-state index is 11.9. The van der Waals surface area contributed by atoms with E-state index in [2.05, 4.69) is 4.99 Å². The number of carbonyl (C=O) groups is 1. The maximum Gasteiger partial charge on any atom is 0.244 e. The number of nitrogens with zero attached hydrogens (tertiary/aromatic N) is 3. The highest BCUT2D eigenvalue weighted by Gasteiger charge is 2.17. The van der Waals surface area contributed by atoms with Crippen LogP contribution in [0.3, 0.4) is 0 Å². The number of thioether (sulfide) groups is 1. The number of nitrogens with two attached hydrogens (primary N) is 1. The fraction of sp³-hybridized carbons (Fsp3) is 0.818. The van der Waals surface area contributed by atoms with Gasteiger partial charge < -0.3 is 20.3 Å². The van der Waals surface area contributed by atoms with E-state index in [4.69, 9.17) is 10.5 Å². The molecule has 0 bridgehead atoms. The number of guanidine groups is 1. The molecule has 18 heavy (non-hydrogen) atoms. The molecule has 1 amide bonds. The van der Waals surface area contributed by atoms with Gasteiger partial charge in [-0.25, -0.2) is 4.99 Å². The first-order valence-corrected chi connectivity index (χ1v) is 7.41. The monoisotopic (exact) mass is 272 g/mol. The first-order chi connectivity index (χ1) is 8.77. The Bertz CT molecular complexity index is 312. The van der Waals surface area contributed by atoms with Gasteiger partial charge in [0.15, 0.2) is 5.96 Å². The lowest BCUT2D eigenvalue weighted by atomic mass is 10.4. The molecule has 2 saturated heterocycles. The van der Waals surface area contributed by atoms with Crippen molar-refractivity contribution in [3.8, 4) is 0 Å². The lowest BCUT2D eigenvalue weighted by Gasteiger charge is -2.28. The maximum atomic E-state index is 11.9. The van der Waals surface area contributed by atoms with Gasteiger partial charge in [-0.2, -0.15) is 11.8 Å². The summed E-state index contributed by atoms with van der Waals surface area (Å²) in [5, 5.41) is 0. The van der Waals surface area contributed by atoms with Crippen LogP contribution >= 0.6 is 11.8 Å². The molecule has 2 aliphatic rings. The van der Waals surface area contributed by atoms with E-state index in [0.29, 0.717) is 32.3 Å². The number of morpholine rings is 1. The summed E-state index contributed by atoms with van der Waals surface area (Å²) in [5.41, 5.74) is 5.90. The third-order valence-corrected chi connectivity index (χ3v) is 4.02. The van der Waals surface area contributed by atoms with Crippen molar-refractivity contribution in [2.45, 2.75) is 0 Å². The first kappa shape index (κ1) is 13.5. The van der Waals surface area contributed by atoms with Crippen LogP contribution < -0.4 is 5.73 Å². The highest BCUT2D eigenvalue weighted by molar-refractivity contribution is 7.99. The van der Waals surface area contributed by atoms with Gasteiger partial charge in [-0.05, 0) is 0 Å². The zero-order chi connectivity index (χ0) is 12.8. The average molecular weight is 272 g/mol. The molecule has 7 heteroatoms. The van der Waals surface area contributed by atoms with E-state index in [0.717, 1.165) is 24.6 Å². The Hall–Kier alpha value is -0.950. The number of rotatable bonds is 2. The number of hydrogen-bond acceptors (Lipinski definition) is 4. The molecule has 2 N–H and O–H groups in total. The van der Waals surface area contributed by atoms with Crippen LogP contribution in [0.1, 0.15) is 0 Å². The summed E-state index contributed by atoms with van der Waals surface area (Å²) in [6.45, 7) is 4.55. The molecule has 2 aliphatic heterocycles. The smallest absolute Gasteiger partial charge is 0.244 e. The minimum absolute atomic E-state index is 0.0348. The molecule has 0 atom stereocenters. The largest absolute Gasteiger partial charge is 0.378 e. The zero-order valence-corrected chi connectivity index (χ0v) is 11.3. The molecule has 2 heterocycles. The van der Waals surface area contributed by atoms with E-state index < -0.39 is 0 Å². The number of hydrogen-bond donors (Lipinski definition) is 1. The van der Waals surface area contributed by atoms with Gasteiger partial charge in [0, 0.05) is 37.7 Å². The van der Waals surface area contributed by atoms with E-state index in [-0.39, 0.29) is 12.5 Å². The minimum atomic E-state index is 0.0348. The van der Waals surface area contributed by atoms with Crippen LogP contribution in [0.25, 0.3) is 0 Å². The van der Waals surface area contributed by atoms with Crippen molar-refractivity contribution in [1.29, 1.82) is 0 Å². The predicted octanol–water partition coefficient (Wildman–Crippen LogP) is -0.791. The van der Waals surface area contributed by atoms with E-state index in [1.54, 1.807) is 4.90 Å². The number of amides is 1. The van der Waals surface area contributed by atoms with Crippen molar-refractivity contribution in [3.63, 3.8) is 0 Å². The van der Waals surface area contributed by atoms with Crippen LogP contribution in [-0.4, -0.2) is 79.1 Å². The van der Waals surface area contributed by atoms with Gasteiger partial charge in [0.05, 0.1) is 13.2 Å². The van der Waals surface area contributed by atoms with Gasteiger partial charge in [0.25, 0.3) is 0 Å². The summed E-state index contributed by atoms with van der Waals surface area (Å²) in [6, 6.07) is 0. The summed E-state index contributed by atoms with van der Waals surface area (Å²) < 4.78 is 5.21. The highest BCUT2D eigenvalue weighted by atomic mass is 32.2. The molecular weight excluding hydrogens is 252 g/mol. The normalized spacial score (nSPS) is 22.1. The first-order valence-electron chi connectivity index (χ1n) is 6.25. The molecule has 0 aromatic heterocycles. The molecule has 6 nitrogen and oxygen atoms in total. The Kier molecular flexibility index (Phi) is 5.12. The number of ether oxygens (including phenoxy) is 1. The molecular formula is C11H20N4O2S. The quantitative estimate of drug-likeness (QED) is 0.527. The van der Waals surface area contributed by atoms with Crippen molar-refractivity contribution >= 4 is 23.6 Å². The number of carbonyl (C=O) groups excluding carboxylic acids is 1. The molecule has 0 spiro atoms. The summed E-state index contributed by atoms with van der Waals surface area (Å²) in [6.07, 6.45) is 0. The third kappa shape index (κ3) is 3.78. The highest BCUT2D eigenvalue weighted by Crippen LogP contribution is 2.08. The molecule has 2 rings (SSSR count). The van der Waals surface area contributed by atoms with Crippen LogP contribution in [0, 0.1) is 0 Å².